The number of carbonyl (C=O) groups is 1. The van der Waals surface area contributed by atoms with Crippen molar-refractivity contribution in [2.45, 2.75) is 59.6 Å². The average Bonchev–Trinajstić information content (AvgIpc) is 2.26. The third-order valence-electron chi connectivity index (χ3n) is 2.86. The smallest absolute Gasteiger partial charge is 0.408 e. The second kappa shape index (κ2) is 6.78. The van der Waals surface area contributed by atoms with Gasteiger partial charge < -0.3 is 10.1 Å². The highest BCUT2D eigenvalue weighted by molar-refractivity contribution is 5.68. The summed E-state index contributed by atoms with van der Waals surface area (Å²) in [5.74, 6) is 0.651. The minimum Gasteiger partial charge on any atom is -0.444 e. The number of carbonyl (C=O) groups excluding carboxylic acids is 1. The summed E-state index contributed by atoms with van der Waals surface area (Å²) >= 11 is 0. The summed E-state index contributed by atoms with van der Waals surface area (Å²) < 4.78 is 5.26. The van der Waals surface area contributed by atoms with Crippen molar-refractivity contribution in [1.82, 2.24) is 5.32 Å². The summed E-state index contributed by atoms with van der Waals surface area (Å²) in [5.41, 5.74) is 1.95. The van der Waals surface area contributed by atoms with Gasteiger partial charge in [0.25, 0.3) is 0 Å². The Labute approximate surface area is 122 Å². The molecule has 20 heavy (non-hydrogen) atoms. The van der Waals surface area contributed by atoms with E-state index >= 15 is 0 Å². The van der Waals surface area contributed by atoms with Crippen molar-refractivity contribution in [3.63, 3.8) is 0 Å². The fourth-order valence-corrected chi connectivity index (χ4v) is 1.98. The van der Waals surface area contributed by atoms with Crippen molar-refractivity contribution in [2.75, 3.05) is 0 Å². The quantitative estimate of drug-likeness (QED) is 0.881. The van der Waals surface area contributed by atoms with E-state index in [0.29, 0.717) is 5.92 Å². The highest BCUT2D eigenvalue weighted by Crippen LogP contribution is 2.16. The summed E-state index contributed by atoms with van der Waals surface area (Å²) in [6, 6.07) is 8.34. The minimum atomic E-state index is -0.467. The normalized spacial score (nSPS) is 13.2. The lowest BCUT2D eigenvalue weighted by Crippen LogP contribution is -2.34. The van der Waals surface area contributed by atoms with Gasteiger partial charge in [0.15, 0.2) is 0 Å². The third-order valence-corrected chi connectivity index (χ3v) is 2.86. The standard InChI is InChI=1S/C17H27NO2/c1-12(2)11-14-7-9-15(10-8-14)13(3)18-16(19)20-17(4,5)6/h7-10,12-13H,11H2,1-6H3,(H,18,19). The monoisotopic (exact) mass is 277 g/mol. The molecule has 3 nitrogen and oxygen atoms in total. The van der Waals surface area contributed by atoms with Gasteiger partial charge in [-0.1, -0.05) is 38.1 Å². The molecule has 0 saturated carbocycles. The van der Waals surface area contributed by atoms with Crippen LogP contribution in [0.4, 0.5) is 4.79 Å². The number of benzene rings is 1. The molecule has 1 unspecified atom stereocenters. The highest BCUT2D eigenvalue weighted by Gasteiger charge is 2.18. The number of rotatable bonds is 4. The SMILES string of the molecule is CC(C)Cc1ccc(C(C)NC(=O)OC(C)(C)C)cc1. The number of alkyl carbamates (subject to hydrolysis) is 1. The van der Waals surface area contributed by atoms with E-state index < -0.39 is 5.60 Å². The molecule has 0 aliphatic heterocycles. The zero-order valence-electron chi connectivity index (χ0n) is 13.5. The molecule has 0 spiro atoms. The van der Waals surface area contributed by atoms with E-state index in [1.807, 2.05) is 27.7 Å². The van der Waals surface area contributed by atoms with Gasteiger partial charge in [-0.3, -0.25) is 0 Å². The molecule has 0 aliphatic carbocycles. The molecule has 1 aromatic carbocycles. The molecule has 1 rings (SSSR count). The Morgan fingerprint density at radius 2 is 1.70 bits per heavy atom. The van der Waals surface area contributed by atoms with Crippen LogP contribution in [0.3, 0.4) is 0 Å². The Hall–Kier alpha value is -1.51. The molecule has 0 heterocycles. The molecule has 3 heteroatoms. The van der Waals surface area contributed by atoms with Crippen LogP contribution in [0.15, 0.2) is 24.3 Å². The second-order valence-electron chi connectivity index (χ2n) is 6.71. The van der Waals surface area contributed by atoms with E-state index in [0.717, 1.165) is 12.0 Å². The Morgan fingerprint density at radius 3 is 2.15 bits per heavy atom. The maximum atomic E-state index is 11.7. The number of hydrogen-bond acceptors (Lipinski definition) is 2. The first-order chi connectivity index (χ1) is 9.17. The van der Waals surface area contributed by atoms with Crippen LogP contribution in [0.2, 0.25) is 0 Å². The Bertz CT molecular complexity index is 429. The van der Waals surface area contributed by atoms with Gasteiger partial charge in [-0.25, -0.2) is 4.79 Å². The summed E-state index contributed by atoms with van der Waals surface area (Å²) in [7, 11) is 0. The lowest BCUT2D eigenvalue weighted by molar-refractivity contribution is 0.0508. The molecule has 0 radical (unpaired) electrons. The minimum absolute atomic E-state index is 0.0575. The first-order valence-corrected chi connectivity index (χ1v) is 7.25. The van der Waals surface area contributed by atoms with E-state index in [4.69, 9.17) is 4.74 Å². The van der Waals surface area contributed by atoms with Gasteiger partial charge >= 0.3 is 6.09 Å². The molecule has 1 amide bonds. The topological polar surface area (TPSA) is 38.3 Å². The Kier molecular flexibility index (Phi) is 5.61. The van der Waals surface area contributed by atoms with E-state index in [2.05, 4.69) is 43.4 Å². The summed E-state index contributed by atoms with van der Waals surface area (Å²) in [4.78, 5) is 11.7. The van der Waals surface area contributed by atoms with Gasteiger partial charge in [0.2, 0.25) is 0 Å². The van der Waals surface area contributed by atoms with Crippen molar-refractivity contribution >= 4 is 6.09 Å². The summed E-state index contributed by atoms with van der Waals surface area (Å²) in [5, 5.41) is 2.85. The lowest BCUT2D eigenvalue weighted by atomic mass is 10.00. The van der Waals surface area contributed by atoms with Crippen molar-refractivity contribution in [3.8, 4) is 0 Å². The highest BCUT2D eigenvalue weighted by atomic mass is 16.6. The maximum absolute atomic E-state index is 11.7. The van der Waals surface area contributed by atoms with Crippen LogP contribution >= 0.6 is 0 Å². The van der Waals surface area contributed by atoms with Crippen molar-refractivity contribution in [2.24, 2.45) is 5.92 Å². The van der Waals surface area contributed by atoms with E-state index in [9.17, 15) is 4.79 Å². The molecule has 0 fully saturated rings. The van der Waals surface area contributed by atoms with Gasteiger partial charge in [0.05, 0.1) is 6.04 Å². The van der Waals surface area contributed by atoms with Gasteiger partial charge in [-0.05, 0) is 51.2 Å². The fraction of sp³-hybridized carbons (Fsp3) is 0.588. The summed E-state index contributed by atoms with van der Waals surface area (Å²) in [6.45, 7) is 12.0. The second-order valence-corrected chi connectivity index (χ2v) is 6.71. The number of amides is 1. The zero-order valence-corrected chi connectivity index (χ0v) is 13.5. The summed E-state index contributed by atoms with van der Waals surface area (Å²) in [6.07, 6.45) is 0.699. The van der Waals surface area contributed by atoms with Crippen molar-refractivity contribution in [3.05, 3.63) is 35.4 Å². The Balaban J connectivity index is 2.59. The zero-order chi connectivity index (χ0) is 15.3. The van der Waals surface area contributed by atoms with E-state index in [-0.39, 0.29) is 12.1 Å². The van der Waals surface area contributed by atoms with Crippen LogP contribution in [0.1, 0.15) is 58.7 Å². The van der Waals surface area contributed by atoms with Gasteiger partial charge in [-0.2, -0.15) is 0 Å². The first-order valence-electron chi connectivity index (χ1n) is 7.25. The van der Waals surface area contributed by atoms with Crippen LogP contribution in [0.25, 0.3) is 0 Å². The number of hydrogen-bond donors (Lipinski definition) is 1. The first kappa shape index (κ1) is 16.5. The molecular formula is C17H27NO2. The molecule has 1 atom stereocenters. The fourth-order valence-electron chi connectivity index (χ4n) is 1.98. The van der Waals surface area contributed by atoms with Gasteiger partial charge in [-0.15, -0.1) is 0 Å². The van der Waals surface area contributed by atoms with Crippen LogP contribution in [-0.2, 0) is 11.2 Å². The van der Waals surface area contributed by atoms with Crippen LogP contribution in [0, 0.1) is 5.92 Å². The average molecular weight is 277 g/mol. The van der Waals surface area contributed by atoms with Gasteiger partial charge in [0, 0.05) is 0 Å². The molecule has 0 aliphatic rings. The molecule has 0 aromatic heterocycles. The molecule has 112 valence electrons. The molecule has 1 aromatic rings. The van der Waals surface area contributed by atoms with E-state index in [1.165, 1.54) is 5.56 Å². The molecule has 0 saturated heterocycles. The van der Waals surface area contributed by atoms with Crippen molar-refractivity contribution in [1.29, 1.82) is 0 Å². The number of nitrogens with one attached hydrogen (secondary N) is 1. The maximum Gasteiger partial charge on any atom is 0.408 e. The van der Waals surface area contributed by atoms with Crippen LogP contribution in [0.5, 0.6) is 0 Å². The molecular weight excluding hydrogens is 250 g/mol. The van der Waals surface area contributed by atoms with Crippen LogP contribution in [-0.4, -0.2) is 11.7 Å². The van der Waals surface area contributed by atoms with Crippen molar-refractivity contribution < 1.29 is 9.53 Å². The van der Waals surface area contributed by atoms with E-state index in [1.54, 1.807) is 0 Å². The predicted molar refractivity (Wildman–Crippen MR) is 82.8 cm³/mol. The molecule has 1 N–H and O–H groups in total. The number of ether oxygens (including phenoxy) is 1. The molecule has 0 bridgehead atoms. The largest absolute Gasteiger partial charge is 0.444 e. The predicted octanol–water partition coefficient (Wildman–Crippen LogP) is 4.47. The lowest BCUT2D eigenvalue weighted by Gasteiger charge is -2.22. The Morgan fingerprint density at radius 1 is 1.15 bits per heavy atom. The third kappa shape index (κ3) is 6.09. The van der Waals surface area contributed by atoms with Gasteiger partial charge in [0.1, 0.15) is 5.60 Å². The van der Waals surface area contributed by atoms with Crippen LogP contribution < -0.4 is 5.32 Å².